The summed E-state index contributed by atoms with van der Waals surface area (Å²) in [6.45, 7) is 0. The molecule has 0 aliphatic heterocycles. The number of rotatable bonds is 3. The number of anilines is 1. The highest BCUT2D eigenvalue weighted by molar-refractivity contribution is 5.93. The monoisotopic (exact) mass is 325 g/mol. The van der Waals surface area contributed by atoms with Gasteiger partial charge in [0.25, 0.3) is 0 Å². The third kappa shape index (κ3) is 3.39. The van der Waals surface area contributed by atoms with Crippen LogP contribution in [0.3, 0.4) is 0 Å². The molecule has 0 aliphatic carbocycles. The molecule has 0 unspecified atom stereocenters. The molecule has 23 heavy (non-hydrogen) atoms. The van der Waals surface area contributed by atoms with E-state index in [0.717, 1.165) is 17.0 Å². The van der Waals surface area contributed by atoms with Gasteiger partial charge in [-0.05, 0) is 18.2 Å². The molecule has 1 amide bonds. The quantitative estimate of drug-likeness (QED) is 0.904. The lowest BCUT2D eigenvalue weighted by molar-refractivity contribution is -0.137. The lowest BCUT2D eigenvalue weighted by atomic mass is 9.99. The van der Waals surface area contributed by atoms with Gasteiger partial charge in [0.05, 0.1) is 18.4 Å². The highest BCUT2D eigenvalue weighted by Crippen LogP contribution is 2.40. The van der Waals surface area contributed by atoms with Crippen molar-refractivity contribution in [1.29, 1.82) is 0 Å². The summed E-state index contributed by atoms with van der Waals surface area (Å²) < 4.78 is 44.0. The molecule has 2 aromatic carbocycles. The van der Waals surface area contributed by atoms with Crippen molar-refractivity contribution in [1.82, 2.24) is 0 Å². The number of halogens is 3. The van der Waals surface area contributed by atoms with Gasteiger partial charge in [0.1, 0.15) is 5.75 Å². The van der Waals surface area contributed by atoms with E-state index in [-0.39, 0.29) is 5.69 Å². The number of methoxy groups -OCH3 is 1. The maximum absolute atomic E-state index is 12.9. The Kier molecular flexibility index (Phi) is 4.49. The van der Waals surface area contributed by atoms with Crippen molar-refractivity contribution in [2.24, 2.45) is 0 Å². The number of amides is 1. The van der Waals surface area contributed by atoms with Gasteiger partial charge in [0, 0.05) is 18.2 Å². The summed E-state index contributed by atoms with van der Waals surface area (Å²) >= 11 is 0. The van der Waals surface area contributed by atoms with Gasteiger partial charge in [-0.25, -0.2) is 4.79 Å². The Morgan fingerprint density at radius 2 is 1.78 bits per heavy atom. The summed E-state index contributed by atoms with van der Waals surface area (Å²) in [5.41, 5.74) is -0.150. The van der Waals surface area contributed by atoms with Gasteiger partial charge in [-0.15, -0.1) is 0 Å². The fourth-order valence-corrected chi connectivity index (χ4v) is 2.18. The Morgan fingerprint density at radius 1 is 1.13 bits per heavy atom. The normalized spacial score (nSPS) is 11.2. The molecule has 2 rings (SSSR count). The number of para-hydroxylation sites is 1. The number of hydrogen-bond donors (Lipinski definition) is 1. The Balaban J connectivity index is 2.70. The van der Waals surface area contributed by atoms with Gasteiger partial charge in [-0.2, -0.15) is 13.2 Å². The number of carboxylic acid groups (broad SMARTS) is 1. The molecule has 0 atom stereocenters. The molecule has 0 bridgehead atoms. The van der Waals surface area contributed by atoms with Crippen LogP contribution in [-0.4, -0.2) is 25.4 Å². The standard InChI is InChI=1S/C16H14F3NO3/c1-20(15(21)22)13-9-10(16(17,18)19)7-8-11(13)12-5-3-4-6-14(12)23-2/h3-9H,1-2H3,(H,21,22). The van der Waals surface area contributed by atoms with Crippen LogP contribution in [0.4, 0.5) is 23.7 Å². The van der Waals surface area contributed by atoms with E-state index >= 15 is 0 Å². The number of carbonyl (C=O) groups is 1. The van der Waals surface area contributed by atoms with Crippen molar-refractivity contribution in [2.75, 3.05) is 19.1 Å². The molecule has 0 aromatic heterocycles. The number of hydrogen-bond acceptors (Lipinski definition) is 2. The Hall–Kier alpha value is -2.70. The van der Waals surface area contributed by atoms with Crippen molar-refractivity contribution in [3.05, 3.63) is 48.0 Å². The molecular formula is C16H14F3NO3. The van der Waals surface area contributed by atoms with E-state index in [2.05, 4.69) is 0 Å². The first-order valence-electron chi connectivity index (χ1n) is 6.57. The molecule has 0 fully saturated rings. The Bertz CT molecular complexity index is 729. The van der Waals surface area contributed by atoms with E-state index in [0.29, 0.717) is 16.9 Å². The molecule has 2 aromatic rings. The van der Waals surface area contributed by atoms with E-state index in [4.69, 9.17) is 9.84 Å². The summed E-state index contributed by atoms with van der Waals surface area (Å²) in [4.78, 5) is 12.0. The second kappa shape index (κ2) is 6.20. The van der Waals surface area contributed by atoms with Crippen molar-refractivity contribution in [3.8, 4) is 16.9 Å². The summed E-state index contributed by atoms with van der Waals surface area (Å²) in [7, 11) is 2.63. The van der Waals surface area contributed by atoms with Crippen molar-refractivity contribution >= 4 is 11.8 Å². The van der Waals surface area contributed by atoms with E-state index in [1.807, 2.05) is 0 Å². The van der Waals surface area contributed by atoms with Crippen LogP contribution in [0.1, 0.15) is 5.56 Å². The van der Waals surface area contributed by atoms with E-state index in [9.17, 15) is 18.0 Å². The molecule has 1 N–H and O–H groups in total. The number of nitrogens with zero attached hydrogens (tertiary/aromatic N) is 1. The van der Waals surface area contributed by atoms with Crippen LogP contribution in [0, 0.1) is 0 Å². The van der Waals surface area contributed by atoms with Crippen LogP contribution in [-0.2, 0) is 6.18 Å². The number of ether oxygens (including phenoxy) is 1. The largest absolute Gasteiger partial charge is 0.496 e. The zero-order valence-corrected chi connectivity index (χ0v) is 12.4. The maximum Gasteiger partial charge on any atom is 0.416 e. The molecule has 0 radical (unpaired) electrons. The number of alkyl halides is 3. The first-order chi connectivity index (χ1) is 10.8. The van der Waals surface area contributed by atoms with Gasteiger partial charge >= 0.3 is 12.3 Å². The fraction of sp³-hybridized carbons (Fsp3) is 0.188. The lowest BCUT2D eigenvalue weighted by Crippen LogP contribution is -2.25. The first kappa shape index (κ1) is 16.7. The SMILES string of the molecule is COc1ccccc1-c1ccc(C(F)(F)F)cc1N(C)C(=O)O. The molecule has 0 heterocycles. The summed E-state index contributed by atoms with van der Waals surface area (Å²) in [6, 6.07) is 9.69. The molecule has 0 aliphatic rings. The topological polar surface area (TPSA) is 49.8 Å². The Labute approximate surface area is 130 Å². The van der Waals surface area contributed by atoms with Crippen LogP contribution in [0.25, 0.3) is 11.1 Å². The molecule has 0 saturated carbocycles. The van der Waals surface area contributed by atoms with E-state index < -0.39 is 17.8 Å². The van der Waals surface area contributed by atoms with Crippen molar-refractivity contribution < 1.29 is 27.8 Å². The second-order valence-electron chi connectivity index (χ2n) is 4.77. The lowest BCUT2D eigenvalue weighted by Gasteiger charge is -2.21. The number of benzene rings is 2. The fourth-order valence-electron chi connectivity index (χ4n) is 2.18. The average Bonchev–Trinajstić information content (AvgIpc) is 2.52. The van der Waals surface area contributed by atoms with E-state index in [1.54, 1.807) is 24.3 Å². The maximum atomic E-state index is 12.9. The zero-order valence-electron chi connectivity index (χ0n) is 12.4. The molecule has 0 saturated heterocycles. The summed E-state index contributed by atoms with van der Waals surface area (Å²) in [5.74, 6) is 0.437. The smallest absolute Gasteiger partial charge is 0.416 e. The molecule has 0 spiro atoms. The predicted octanol–water partition coefficient (Wildman–Crippen LogP) is 4.50. The third-order valence-corrected chi connectivity index (χ3v) is 3.37. The first-order valence-corrected chi connectivity index (χ1v) is 6.57. The van der Waals surface area contributed by atoms with Crippen LogP contribution in [0.15, 0.2) is 42.5 Å². The second-order valence-corrected chi connectivity index (χ2v) is 4.77. The molecule has 122 valence electrons. The molecular weight excluding hydrogens is 311 g/mol. The summed E-state index contributed by atoms with van der Waals surface area (Å²) in [6.07, 6.45) is -5.92. The minimum atomic E-state index is -4.56. The molecule has 7 heteroatoms. The van der Waals surface area contributed by atoms with Crippen LogP contribution in [0.2, 0.25) is 0 Å². The highest BCUT2D eigenvalue weighted by Gasteiger charge is 2.32. The third-order valence-electron chi connectivity index (χ3n) is 3.37. The van der Waals surface area contributed by atoms with Crippen molar-refractivity contribution in [2.45, 2.75) is 6.18 Å². The van der Waals surface area contributed by atoms with Crippen LogP contribution in [0.5, 0.6) is 5.75 Å². The van der Waals surface area contributed by atoms with Gasteiger partial charge in [0.2, 0.25) is 0 Å². The van der Waals surface area contributed by atoms with Gasteiger partial charge < -0.3 is 9.84 Å². The zero-order chi connectivity index (χ0) is 17.2. The minimum Gasteiger partial charge on any atom is -0.496 e. The van der Waals surface area contributed by atoms with Crippen LogP contribution >= 0.6 is 0 Å². The van der Waals surface area contributed by atoms with E-state index in [1.165, 1.54) is 20.2 Å². The predicted molar refractivity (Wildman–Crippen MR) is 79.9 cm³/mol. The Morgan fingerprint density at radius 3 is 2.35 bits per heavy atom. The average molecular weight is 325 g/mol. The van der Waals surface area contributed by atoms with Gasteiger partial charge in [-0.1, -0.05) is 24.3 Å². The highest BCUT2D eigenvalue weighted by atomic mass is 19.4. The van der Waals surface area contributed by atoms with Crippen LogP contribution < -0.4 is 9.64 Å². The molecule has 4 nitrogen and oxygen atoms in total. The van der Waals surface area contributed by atoms with Gasteiger partial charge in [0.15, 0.2) is 0 Å². The minimum absolute atomic E-state index is 0.0724. The van der Waals surface area contributed by atoms with Crippen molar-refractivity contribution in [3.63, 3.8) is 0 Å². The van der Waals surface area contributed by atoms with Gasteiger partial charge in [-0.3, -0.25) is 4.90 Å². The summed E-state index contributed by atoms with van der Waals surface area (Å²) in [5, 5.41) is 9.14.